The molecule has 0 saturated heterocycles. The molecule has 0 aliphatic carbocycles. The topological polar surface area (TPSA) is 48.0 Å². The molecule has 0 fully saturated rings. The predicted octanol–water partition coefficient (Wildman–Crippen LogP) is 5.19. The molecule has 0 aliphatic heterocycles. The zero-order valence-corrected chi connectivity index (χ0v) is 18.5. The summed E-state index contributed by atoms with van der Waals surface area (Å²) >= 11 is 5.49. The van der Waals surface area contributed by atoms with E-state index in [2.05, 4.69) is 32.6 Å². The molecule has 0 unspecified atom stereocenters. The van der Waals surface area contributed by atoms with Crippen LogP contribution in [0.5, 0.6) is 17.2 Å². The molecule has 29 heavy (non-hydrogen) atoms. The molecule has 0 N–H and O–H groups in total. The van der Waals surface area contributed by atoms with Gasteiger partial charge in [-0.15, -0.1) is 0 Å². The van der Waals surface area contributed by atoms with E-state index in [4.69, 9.17) is 26.4 Å². The first-order chi connectivity index (χ1) is 13.8. The van der Waals surface area contributed by atoms with Crippen LogP contribution in [0, 0.1) is 11.8 Å². The van der Waals surface area contributed by atoms with E-state index in [1.165, 1.54) is 0 Å². The van der Waals surface area contributed by atoms with Crippen molar-refractivity contribution in [3.05, 3.63) is 54.1 Å². The van der Waals surface area contributed by atoms with Crippen molar-refractivity contribution in [2.24, 2.45) is 11.8 Å². The van der Waals surface area contributed by atoms with E-state index in [9.17, 15) is 4.79 Å². The van der Waals surface area contributed by atoms with Gasteiger partial charge in [-0.3, -0.25) is 0 Å². The molecule has 2 aromatic rings. The number of rotatable bonds is 8. The van der Waals surface area contributed by atoms with E-state index in [1.54, 1.807) is 55.6 Å². The maximum Gasteiger partial charge on any atom is 0.343 e. The Kier molecular flexibility index (Phi) is 8.46. The summed E-state index contributed by atoms with van der Waals surface area (Å²) in [5, 5.41) is 0.454. The van der Waals surface area contributed by atoms with Crippen LogP contribution in [0.15, 0.2) is 48.5 Å². The Labute approximate surface area is 178 Å². The fourth-order valence-electron chi connectivity index (χ4n) is 2.74. The number of benzene rings is 2. The molecule has 0 atom stereocenters. The highest BCUT2D eigenvalue weighted by atomic mass is 32.1. The molecule has 2 aromatic carbocycles. The van der Waals surface area contributed by atoms with Gasteiger partial charge in [0, 0.05) is 13.1 Å². The van der Waals surface area contributed by atoms with E-state index < -0.39 is 5.97 Å². The average Bonchev–Trinajstić information content (AvgIpc) is 2.68. The fraction of sp³-hybridized carbons (Fsp3) is 0.391. The van der Waals surface area contributed by atoms with Crippen LogP contribution in [0.4, 0.5) is 0 Å². The SMILES string of the molecule is COc1ccc(C(=O)Oc2ccc(OC(=S)N(CC(C)C)CC(C)C)cc2)cc1. The van der Waals surface area contributed by atoms with Gasteiger partial charge in [-0.1, -0.05) is 27.7 Å². The summed E-state index contributed by atoms with van der Waals surface area (Å²) in [6.45, 7) is 10.3. The first-order valence-corrected chi connectivity index (χ1v) is 10.1. The van der Waals surface area contributed by atoms with Crippen molar-refractivity contribution in [1.82, 2.24) is 4.90 Å². The van der Waals surface area contributed by atoms with Crippen LogP contribution in [0.25, 0.3) is 0 Å². The lowest BCUT2D eigenvalue weighted by Crippen LogP contribution is -2.38. The number of hydrogen-bond acceptors (Lipinski definition) is 5. The molecule has 156 valence electrons. The number of thiocarbonyl (C=S) groups is 1. The predicted molar refractivity (Wildman–Crippen MR) is 119 cm³/mol. The molecular formula is C23H29NO4S. The Morgan fingerprint density at radius 3 is 1.72 bits per heavy atom. The Hall–Kier alpha value is -2.60. The summed E-state index contributed by atoms with van der Waals surface area (Å²) in [5.74, 6) is 2.26. The molecule has 0 aromatic heterocycles. The third kappa shape index (κ3) is 7.38. The van der Waals surface area contributed by atoms with Crippen molar-refractivity contribution in [2.45, 2.75) is 27.7 Å². The average molecular weight is 416 g/mol. The van der Waals surface area contributed by atoms with Crippen LogP contribution in [0.3, 0.4) is 0 Å². The van der Waals surface area contributed by atoms with E-state index in [1.807, 2.05) is 0 Å². The van der Waals surface area contributed by atoms with Gasteiger partial charge in [0.05, 0.1) is 12.7 Å². The highest BCUT2D eigenvalue weighted by Gasteiger charge is 2.15. The van der Waals surface area contributed by atoms with Gasteiger partial charge in [0.25, 0.3) is 5.17 Å². The molecule has 0 saturated carbocycles. The van der Waals surface area contributed by atoms with Crippen LogP contribution in [-0.2, 0) is 0 Å². The molecule has 5 nitrogen and oxygen atoms in total. The number of esters is 1. The second-order valence-corrected chi connectivity index (χ2v) is 8.00. The summed E-state index contributed by atoms with van der Waals surface area (Å²) in [5.41, 5.74) is 0.449. The third-order valence-electron chi connectivity index (χ3n) is 3.99. The maximum absolute atomic E-state index is 12.2. The number of ether oxygens (including phenoxy) is 3. The zero-order valence-electron chi connectivity index (χ0n) is 17.7. The second-order valence-electron chi connectivity index (χ2n) is 7.65. The number of methoxy groups -OCH3 is 1. The van der Waals surface area contributed by atoms with Crippen LogP contribution in [0.2, 0.25) is 0 Å². The standard InChI is InChI=1S/C23H29NO4S/c1-16(2)14-24(15-17(3)4)23(29)28-21-12-10-20(11-13-21)27-22(25)18-6-8-19(26-5)9-7-18/h6-13,16-17H,14-15H2,1-5H3. The van der Waals surface area contributed by atoms with Crippen molar-refractivity contribution in [3.63, 3.8) is 0 Å². The minimum absolute atomic E-state index is 0.433. The molecule has 0 heterocycles. The van der Waals surface area contributed by atoms with Crippen molar-refractivity contribution in [1.29, 1.82) is 0 Å². The van der Waals surface area contributed by atoms with Gasteiger partial charge in [-0.2, -0.15) is 0 Å². The molecular weight excluding hydrogens is 386 g/mol. The molecule has 0 bridgehead atoms. The van der Waals surface area contributed by atoms with Crippen molar-refractivity contribution in [3.8, 4) is 17.2 Å². The van der Waals surface area contributed by atoms with Gasteiger partial charge in [-0.05, 0) is 72.6 Å². The minimum Gasteiger partial charge on any atom is -0.497 e. The highest BCUT2D eigenvalue weighted by Crippen LogP contribution is 2.20. The molecule has 0 radical (unpaired) electrons. The van der Waals surface area contributed by atoms with Crippen LogP contribution >= 0.6 is 12.2 Å². The first-order valence-electron chi connectivity index (χ1n) is 9.71. The molecule has 2 rings (SSSR count). The molecule has 6 heteroatoms. The van der Waals surface area contributed by atoms with Gasteiger partial charge in [0.15, 0.2) is 0 Å². The lowest BCUT2D eigenvalue weighted by Gasteiger charge is -2.28. The van der Waals surface area contributed by atoms with E-state index in [0.29, 0.717) is 39.8 Å². The summed E-state index contributed by atoms with van der Waals surface area (Å²) in [6, 6.07) is 13.6. The quantitative estimate of drug-likeness (QED) is 0.336. The molecule has 0 spiro atoms. The van der Waals surface area contributed by atoms with Gasteiger partial charge in [-0.25, -0.2) is 4.79 Å². The van der Waals surface area contributed by atoms with Gasteiger partial charge in [0.2, 0.25) is 0 Å². The van der Waals surface area contributed by atoms with Crippen molar-refractivity contribution in [2.75, 3.05) is 20.2 Å². The summed E-state index contributed by atoms with van der Waals surface area (Å²) in [7, 11) is 1.58. The van der Waals surface area contributed by atoms with Crippen LogP contribution in [0.1, 0.15) is 38.1 Å². The lowest BCUT2D eigenvalue weighted by molar-refractivity contribution is 0.0734. The summed E-state index contributed by atoms with van der Waals surface area (Å²) < 4.78 is 16.4. The smallest absolute Gasteiger partial charge is 0.343 e. The van der Waals surface area contributed by atoms with E-state index in [-0.39, 0.29) is 0 Å². The van der Waals surface area contributed by atoms with Crippen LogP contribution < -0.4 is 14.2 Å². The van der Waals surface area contributed by atoms with Gasteiger partial charge < -0.3 is 19.1 Å². The van der Waals surface area contributed by atoms with Crippen LogP contribution in [-0.4, -0.2) is 36.2 Å². The zero-order chi connectivity index (χ0) is 21.4. The molecule has 0 aliphatic rings. The second kappa shape index (κ2) is 10.8. The Bertz CT molecular complexity index is 791. The highest BCUT2D eigenvalue weighted by molar-refractivity contribution is 7.80. The van der Waals surface area contributed by atoms with Crippen molar-refractivity contribution < 1.29 is 19.0 Å². The monoisotopic (exact) mass is 415 g/mol. The van der Waals surface area contributed by atoms with Gasteiger partial charge in [0.1, 0.15) is 17.2 Å². The lowest BCUT2D eigenvalue weighted by atomic mass is 10.1. The van der Waals surface area contributed by atoms with Crippen molar-refractivity contribution >= 4 is 23.4 Å². The Morgan fingerprint density at radius 2 is 1.28 bits per heavy atom. The largest absolute Gasteiger partial charge is 0.497 e. The third-order valence-corrected chi connectivity index (χ3v) is 4.34. The first kappa shape index (κ1) is 22.7. The maximum atomic E-state index is 12.2. The van der Waals surface area contributed by atoms with E-state index >= 15 is 0 Å². The number of carbonyl (C=O) groups is 1. The normalized spacial score (nSPS) is 10.7. The summed E-state index contributed by atoms with van der Waals surface area (Å²) in [6.07, 6.45) is 0. The number of carbonyl (C=O) groups excluding carboxylic acids is 1. The molecule has 0 amide bonds. The van der Waals surface area contributed by atoms with Gasteiger partial charge >= 0.3 is 5.97 Å². The number of nitrogens with zero attached hydrogens (tertiary/aromatic N) is 1. The Morgan fingerprint density at radius 1 is 0.828 bits per heavy atom. The fourth-order valence-corrected chi connectivity index (χ4v) is 2.98. The summed E-state index contributed by atoms with van der Waals surface area (Å²) in [4.78, 5) is 14.3. The van der Waals surface area contributed by atoms with E-state index in [0.717, 1.165) is 13.1 Å². The number of hydrogen-bond donors (Lipinski definition) is 0. The Balaban J connectivity index is 1.97. The minimum atomic E-state index is -0.433.